The van der Waals surface area contributed by atoms with Gasteiger partial charge in [0.15, 0.2) is 0 Å². The van der Waals surface area contributed by atoms with Gasteiger partial charge in [0.05, 0.1) is 11.4 Å². The number of rotatable bonds is 5. The standard InChI is InChI=1S/C19H17N3/c1-3-7-16(8-4-1)15-20-17-11-13-19(14-12-17)22-21-18-9-5-2-6-10-18/h1-14,20H,15H2. The molecule has 0 spiro atoms. The lowest BCUT2D eigenvalue weighted by Gasteiger charge is -2.06. The van der Waals surface area contributed by atoms with Crippen molar-refractivity contribution in [3.05, 3.63) is 90.5 Å². The van der Waals surface area contributed by atoms with Crippen LogP contribution in [0, 0.1) is 0 Å². The third-order valence-corrected chi connectivity index (χ3v) is 3.24. The summed E-state index contributed by atoms with van der Waals surface area (Å²) >= 11 is 0. The average molecular weight is 287 g/mol. The van der Waals surface area contributed by atoms with E-state index in [1.165, 1.54) is 5.56 Å². The Bertz CT molecular complexity index is 720. The van der Waals surface area contributed by atoms with Crippen LogP contribution in [0.2, 0.25) is 0 Å². The lowest BCUT2D eigenvalue weighted by molar-refractivity contribution is 1.15. The van der Waals surface area contributed by atoms with Gasteiger partial charge in [-0.15, -0.1) is 0 Å². The lowest BCUT2D eigenvalue weighted by Crippen LogP contribution is -1.98. The summed E-state index contributed by atoms with van der Waals surface area (Å²) in [6, 6.07) is 28.0. The number of anilines is 1. The molecule has 3 heteroatoms. The van der Waals surface area contributed by atoms with Gasteiger partial charge < -0.3 is 5.32 Å². The average Bonchev–Trinajstić information content (AvgIpc) is 2.61. The molecule has 0 aliphatic carbocycles. The summed E-state index contributed by atoms with van der Waals surface area (Å²) in [5.41, 5.74) is 4.03. The largest absolute Gasteiger partial charge is 0.381 e. The second kappa shape index (κ2) is 7.18. The summed E-state index contributed by atoms with van der Waals surface area (Å²) < 4.78 is 0. The Morgan fingerprint density at radius 2 is 1.14 bits per heavy atom. The summed E-state index contributed by atoms with van der Waals surface area (Å²) in [6.45, 7) is 0.811. The SMILES string of the molecule is c1ccc(CNc2ccc(N=Nc3ccccc3)cc2)cc1. The summed E-state index contributed by atoms with van der Waals surface area (Å²) in [5, 5.41) is 11.8. The number of hydrogen-bond donors (Lipinski definition) is 1. The molecule has 0 unspecified atom stereocenters. The lowest BCUT2D eigenvalue weighted by atomic mass is 10.2. The van der Waals surface area contributed by atoms with Crippen molar-refractivity contribution in [3.63, 3.8) is 0 Å². The summed E-state index contributed by atoms with van der Waals surface area (Å²) in [5.74, 6) is 0. The minimum atomic E-state index is 0.811. The maximum atomic E-state index is 4.23. The Hall–Kier alpha value is -2.94. The first-order valence-electron chi connectivity index (χ1n) is 7.25. The molecule has 0 saturated carbocycles. The van der Waals surface area contributed by atoms with Gasteiger partial charge in [-0.25, -0.2) is 0 Å². The van der Waals surface area contributed by atoms with Crippen molar-refractivity contribution in [1.29, 1.82) is 0 Å². The van der Waals surface area contributed by atoms with Crippen molar-refractivity contribution < 1.29 is 0 Å². The molecular formula is C19H17N3. The van der Waals surface area contributed by atoms with E-state index in [0.717, 1.165) is 23.6 Å². The molecule has 0 atom stereocenters. The Balaban J connectivity index is 1.59. The van der Waals surface area contributed by atoms with Gasteiger partial charge in [0.1, 0.15) is 0 Å². The quantitative estimate of drug-likeness (QED) is 0.599. The molecule has 0 aliphatic heterocycles. The monoisotopic (exact) mass is 287 g/mol. The van der Waals surface area contributed by atoms with Gasteiger partial charge in [0, 0.05) is 12.2 Å². The first-order chi connectivity index (χ1) is 10.9. The smallest absolute Gasteiger partial charge is 0.0858 e. The molecule has 3 rings (SSSR count). The normalized spacial score (nSPS) is 10.7. The zero-order valence-electron chi connectivity index (χ0n) is 12.2. The third kappa shape index (κ3) is 4.03. The van der Waals surface area contributed by atoms with Crippen molar-refractivity contribution in [2.24, 2.45) is 10.2 Å². The fourth-order valence-electron chi connectivity index (χ4n) is 2.06. The first-order valence-corrected chi connectivity index (χ1v) is 7.25. The minimum absolute atomic E-state index is 0.811. The molecule has 0 aromatic heterocycles. The van der Waals surface area contributed by atoms with Gasteiger partial charge >= 0.3 is 0 Å². The molecule has 108 valence electrons. The first kappa shape index (κ1) is 14.0. The number of nitrogens with one attached hydrogen (secondary N) is 1. The van der Waals surface area contributed by atoms with E-state index < -0.39 is 0 Å². The molecule has 0 amide bonds. The van der Waals surface area contributed by atoms with Crippen molar-refractivity contribution >= 4 is 17.1 Å². The second-order valence-corrected chi connectivity index (χ2v) is 4.92. The Kier molecular flexibility index (Phi) is 4.57. The molecule has 0 fully saturated rings. The van der Waals surface area contributed by atoms with Crippen LogP contribution in [0.1, 0.15) is 5.56 Å². The molecule has 0 bridgehead atoms. The van der Waals surface area contributed by atoms with E-state index in [1.54, 1.807) is 0 Å². The maximum Gasteiger partial charge on any atom is 0.0858 e. The summed E-state index contributed by atoms with van der Waals surface area (Å²) in [6.07, 6.45) is 0. The van der Waals surface area contributed by atoms with Crippen LogP contribution in [0.5, 0.6) is 0 Å². The number of nitrogens with zero attached hydrogens (tertiary/aromatic N) is 2. The van der Waals surface area contributed by atoms with E-state index in [2.05, 4.69) is 27.7 Å². The molecule has 0 saturated heterocycles. The molecule has 3 nitrogen and oxygen atoms in total. The highest BCUT2D eigenvalue weighted by Crippen LogP contribution is 2.20. The molecule has 3 aromatic rings. The van der Waals surface area contributed by atoms with Gasteiger partial charge in [-0.1, -0.05) is 48.5 Å². The molecule has 0 heterocycles. The van der Waals surface area contributed by atoms with Crippen LogP contribution >= 0.6 is 0 Å². The van der Waals surface area contributed by atoms with Crippen molar-refractivity contribution in [2.45, 2.75) is 6.54 Å². The summed E-state index contributed by atoms with van der Waals surface area (Å²) in [4.78, 5) is 0. The topological polar surface area (TPSA) is 36.8 Å². The maximum absolute atomic E-state index is 4.23. The van der Waals surface area contributed by atoms with E-state index in [0.29, 0.717) is 0 Å². The van der Waals surface area contributed by atoms with Crippen molar-refractivity contribution in [1.82, 2.24) is 0 Å². The van der Waals surface area contributed by atoms with Crippen LogP contribution in [0.3, 0.4) is 0 Å². The summed E-state index contributed by atoms with van der Waals surface area (Å²) in [7, 11) is 0. The number of benzene rings is 3. The van der Waals surface area contributed by atoms with Gasteiger partial charge in [0.2, 0.25) is 0 Å². The van der Waals surface area contributed by atoms with Crippen LogP contribution in [0.4, 0.5) is 17.1 Å². The van der Waals surface area contributed by atoms with Gasteiger partial charge in [-0.3, -0.25) is 0 Å². The van der Waals surface area contributed by atoms with Crippen LogP contribution in [0.25, 0.3) is 0 Å². The highest BCUT2D eigenvalue weighted by Gasteiger charge is 1.95. The van der Waals surface area contributed by atoms with E-state index in [-0.39, 0.29) is 0 Å². The molecule has 22 heavy (non-hydrogen) atoms. The Morgan fingerprint density at radius 1 is 0.591 bits per heavy atom. The molecular weight excluding hydrogens is 270 g/mol. The van der Waals surface area contributed by atoms with E-state index in [1.807, 2.05) is 72.8 Å². The molecule has 0 radical (unpaired) electrons. The van der Waals surface area contributed by atoms with Crippen molar-refractivity contribution in [3.8, 4) is 0 Å². The fourth-order valence-corrected chi connectivity index (χ4v) is 2.06. The van der Waals surface area contributed by atoms with Crippen LogP contribution in [-0.4, -0.2) is 0 Å². The zero-order valence-corrected chi connectivity index (χ0v) is 12.2. The van der Waals surface area contributed by atoms with Crippen LogP contribution in [0.15, 0.2) is 95.2 Å². The highest BCUT2D eigenvalue weighted by molar-refractivity contribution is 5.51. The predicted octanol–water partition coefficient (Wildman–Crippen LogP) is 5.71. The van der Waals surface area contributed by atoms with Gasteiger partial charge in [-0.05, 0) is 42.0 Å². The van der Waals surface area contributed by atoms with E-state index in [4.69, 9.17) is 0 Å². The van der Waals surface area contributed by atoms with E-state index in [9.17, 15) is 0 Å². The second-order valence-electron chi connectivity index (χ2n) is 4.92. The minimum Gasteiger partial charge on any atom is -0.381 e. The number of hydrogen-bond acceptors (Lipinski definition) is 3. The molecule has 0 aliphatic rings. The fraction of sp³-hybridized carbons (Fsp3) is 0.0526. The predicted molar refractivity (Wildman–Crippen MR) is 90.8 cm³/mol. The highest BCUT2D eigenvalue weighted by atomic mass is 15.1. The van der Waals surface area contributed by atoms with Crippen LogP contribution in [-0.2, 0) is 6.54 Å². The van der Waals surface area contributed by atoms with Crippen molar-refractivity contribution in [2.75, 3.05) is 5.32 Å². The van der Waals surface area contributed by atoms with Crippen LogP contribution < -0.4 is 5.32 Å². The van der Waals surface area contributed by atoms with Gasteiger partial charge in [-0.2, -0.15) is 10.2 Å². The Labute approximate surface area is 130 Å². The van der Waals surface area contributed by atoms with E-state index >= 15 is 0 Å². The molecule has 3 aromatic carbocycles. The third-order valence-electron chi connectivity index (χ3n) is 3.24. The Morgan fingerprint density at radius 3 is 1.77 bits per heavy atom. The molecule has 1 N–H and O–H groups in total. The number of azo groups is 1. The van der Waals surface area contributed by atoms with Gasteiger partial charge in [0.25, 0.3) is 0 Å². The zero-order chi connectivity index (χ0) is 15.0.